The van der Waals surface area contributed by atoms with E-state index in [2.05, 4.69) is 0 Å². The monoisotopic (exact) mass is 362 g/mol. The molecule has 0 aliphatic carbocycles. The van der Waals surface area contributed by atoms with E-state index in [9.17, 15) is 13.2 Å². The van der Waals surface area contributed by atoms with E-state index in [1.54, 1.807) is 37.3 Å². The molecule has 0 unspecified atom stereocenters. The standard InChI is InChI=1S/C19H22O5S/c1-14-9-5-8-12-17(14)25(21,22)23-13-18(20)24-16-11-7-6-10-15(16)19(2,3)4/h5-12H,13H2,1-4H3. The highest BCUT2D eigenvalue weighted by molar-refractivity contribution is 7.86. The zero-order chi connectivity index (χ0) is 18.7. The molecule has 2 rings (SSSR count). The third kappa shape index (κ3) is 4.90. The van der Waals surface area contributed by atoms with Crippen LogP contribution in [0.5, 0.6) is 5.75 Å². The summed E-state index contributed by atoms with van der Waals surface area (Å²) >= 11 is 0. The molecule has 0 spiro atoms. The molecule has 0 saturated carbocycles. The molecular formula is C19H22O5S. The molecule has 0 aliphatic heterocycles. The minimum Gasteiger partial charge on any atom is -0.424 e. The lowest BCUT2D eigenvalue weighted by molar-refractivity contribution is -0.136. The van der Waals surface area contributed by atoms with Crippen LogP contribution < -0.4 is 4.74 Å². The molecular weight excluding hydrogens is 340 g/mol. The average molecular weight is 362 g/mol. The Balaban J connectivity index is 2.09. The van der Waals surface area contributed by atoms with Crippen LogP contribution in [0.4, 0.5) is 0 Å². The summed E-state index contributed by atoms with van der Waals surface area (Å²) in [5, 5.41) is 0. The number of para-hydroxylation sites is 1. The molecule has 6 heteroatoms. The molecule has 2 aromatic rings. The number of benzene rings is 2. The second kappa shape index (κ2) is 7.37. The Morgan fingerprint density at radius 3 is 2.24 bits per heavy atom. The number of carbonyl (C=O) groups is 1. The maximum Gasteiger partial charge on any atom is 0.339 e. The minimum absolute atomic E-state index is 0.0397. The van der Waals surface area contributed by atoms with Crippen molar-refractivity contribution in [2.75, 3.05) is 6.61 Å². The van der Waals surface area contributed by atoms with Crippen molar-refractivity contribution in [2.24, 2.45) is 0 Å². The van der Waals surface area contributed by atoms with Gasteiger partial charge < -0.3 is 4.74 Å². The van der Waals surface area contributed by atoms with Crippen molar-refractivity contribution in [3.8, 4) is 5.75 Å². The van der Waals surface area contributed by atoms with Crippen LogP contribution in [0.2, 0.25) is 0 Å². The fraction of sp³-hybridized carbons (Fsp3) is 0.316. The van der Waals surface area contributed by atoms with E-state index in [-0.39, 0.29) is 10.3 Å². The maximum atomic E-state index is 12.2. The molecule has 0 aromatic heterocycles. The Hall–Kier alpha value is -2.18. The summed E-state index contributed by atoms with van der Waals surface area (Å²) in [7, 11) is -4.02. The van der Waals surface area contributed by atoms with E-state index in [0.717, 1.165) is 5.56 Å². The predicted molar refractivity (Wildman–Crippen MR) is 95.1 cm³/mol. The first-order valence-corrected chi connectivity index (χ1v) is 9.27. The summed E-state index contributed by atoms with van der Waals surface area (Å²) < 4.78 is 34.6. The third-order valence-corrected chi connectivity index (χ3v) is 5.04. The molecule has 0 fully saturated rings. The first-order chi connectivity index (χ1) is 11.6. The first-order valence-electron chi connectivity index (χ1n) is 7.86. The van der Waals surface area contributed by atoms with Crippen LogP contribution >= 0.6 is 0 Å². The Kier molecular flexibility index (Phi) is 5.65. The van der Waals surface area contributed by atoms with Crippen LogP contribution in [0, 0.1) is 6.92 Å². The number of esters is 1. The van der Waals surface area contributed by atoms with Crippen LogP contribution in [-0.2, 0) is 24.5 Å². The number of ether oxygens (including phenoxy) is 1. The van der Waals surface area contributed by atoms with E-state index in [4.69, 9.17) is 8.92 Å². The lowest BCUT2D eigenvalue weighted by atomic mass is 9.86. The molecule has 5 nitrogen and oxygen atoms in total. The lowest BCUT2D eigenvalue weighted by Crippen LogP contribution is -2.21. The van der Waals surface area contributed by atoms with Crippen molar-refractivity contribution in [3.05, 3.63) is 59.7 Å². The Bertz CT molecular complexity index is 863. The van der Waals surface area contributed by atoms with Crippen molar-refractivity contribution >= 4 is 16.1 Å². The molecule has 0 aliphatic rings. The van der Waals surface area contributed by atoms with Gasteiger partial charge in [-0.3, -0.25) is 4.18 Å². The Morgan fingerprint density at radius 2 is 1.60 bits per heavy atom. The zero-order valence-electron chi connectivity index (χ0n) is 14.8. The third-order valence-electron chi connectivity index (χ3n) is 3.61. The van der Waals surface area contributed by atoms with Crippen molar-refractivity contribution in [1.82, 2.24) is 0 Å². The maximum absolute atomic E-state index is 12.2. The molecule has 0 N–H and O–H groups in total. The van der Waals surface area contributed by atoms with Crippen molar-refractivity contribution in [3.63, 3.8) is 0 Å². The minimum atomic E-state index is -4.02. The molecule has 0 bridgehead atoms. The van der Waals surface area contributed by atoms with E-state index in [1.807, 2.05) is 32.9 Å². The van der Waals surface area contributed by atoms with Gasteiger partial charge in [0, 0.05) is 5.56 Å². The van der Waals surface area contributed by atoms with Crippen LogP contribution in [-0.4, -0.2) is 21.0 Å². The number of rotatable bonds is 5. The summed E-state index contributed by atoms with van der Waals surface area (Å²) in [6, 6.07) is 13.6. The molecule has 25 heavy (non-hydrogen) atoms. The van der Waals surface area contributed by atoms with Gasteiger partial charge >= 0.3 is 5.97 Å². The van der Waals surface area contributed by atoms with E-state index >= 15 is 0 Å². The van der Waals surface area contributed by atoms with Crippen LogP contribution in [0.3, 0.4) is 0 Å². The first kappa shape index (κ1) is 19.1. The SMILES string of the molecule is Cc1ccccc1S(=O)(=O)OCC(=O)Oc1ccccc1C(C)(C)C. The quantitative estimate of drug-likeness (QED) is 0.462. The molecule has 0 amide bonds. The van der Waals surface area contributed by atoms with Crippen molar-refractivity contribution < 1.29 is 22.1 Å². The molecule has 134 valence electrons. The van der Waals surface area contributed by atoms with Crippen LogP contribution in [0.15, 0.2) is 53.4 Å². The summed E-state index contributed by atoms with van der Waals surface area (Å²) in [6.45, 7) is 6.97. The van der Waals surface area contributed by atoms with Gasteiger partial charge in [0.05, 0.1) is 4.90 Å². The van der Waals surface area contributed by atoms with Gasteiger partial charge in [0.15, 0.2) is 6.61 Å². The number of hydrogen-bond donors (Lipinski definition) is 0. The Morgan fingerprint density at radius 1 is 1.00 bits per heavy atom. The topological polar surface area (TPSA) is 69.7 Å². The summed E-state index contributed by atoms with van der Waals surface area (Å²) in [6.07, 6.45) is 0. The fourth-order valence-corrected chi connectivity index (χ4v) is 3.44. The van der Waals surface area contributed by atoms with Crippen molar-refractivity contribution in [2.45, 2.75) is 38.0 Å². The largest absolute Gasteiger partial charge is 0.424 e. The second-order valence-electron chi connectivity index (χ2n) is 6.70. The molecule has 0 heterocycles. The van der Waals surface area contributed by atoms with Crippen molar-refractivity contribution in [1.29, 1.82) is 0 Å². The highest BCUT2D eigenvalue weighted by atomic mass is 32.2. The summed E-state index contributed by atoms with van der Waals surface area (Å²) in [4.78, 5) is 12.1. The van der Waals surface area contributed by atoms with E-state index in [1.165, 1.54) is 6.07 Å². The number of aryl methyl sites for hydroxylation is 1. The fourth-order valence-electron chi connectivity index (χ4n) is 2.35. The van der Waals surface area contributed by atoms with Gasteiger partial charge in [-0.15, -0.1) is 0 Å². The van der Waals surface area contributed by atoms with E-state index < -0.39 is 22.7 Å². The zero-order valence-corrected chi connectivity index (χ0v) is 15.6. The predicted octanol–water partition coefficient (Wildman–Crippen LogP) is 3.60. The van der Waals surface area contributed by atoms with Gasteiger partial charge in [-0.05, 0) is 30.0 Å². The summed E-state index contributed by atoms with van der Waals surface area (Å²) in [5.74, 6) is -0.370. The summed E-state index contributed by atoms with van der Waals surface area (Å²) in [5.41, 5.74) is 1.18. The normalized spacial score (nSPS) is 12.0. The Labute approximate surface area is 148 Å². The molecule has 0 atom stereocenters. The number of carbonyl (C=O) groups excluding carboxylic acids is 1. The van der Waals surface area contributed by atoms with Gasteiger partial charge in [-0.25, -0.2) is 4.79 Å². The highest BCUT2D eigenvalue weighted by Gasteiger charge is 2.22. The van der Waals surface area contributed by atoms with Gasteiger partial charge in [0.2, 0.25) is 0 Å². The highest BCUT2D eigenvalue weighted by Crippen LogP contribution is 2.31. The lowest BCUT2D eigenvalue weighted by Gasteiger charge is -2.22. The van der Waals surface area contributed by atoms with E-state index in [0.29, 0.717) is 11.3 Å². The van der Waals surface area contributed by atoms with Gasteiger partial charge in [-0.2, -0.15) is 8.42 Å². The van der Waals surface area contributed by atoms with Crippen LogP contribution in [0.25, 0.3) is 0 Å². The average Bonchev–Trinajstić information content (AvgIpc) is 2.53. The second-order valence-corrected chi connectivity index (χ2v) is 8.29. The van der Waals surface area contributed by atoms with Gasteiger partial charge in [0.25, 0.3) is 10.1 Å². The van der Waals surface area contributed by atoms with Gasteiger partial charge in [0.1, 0.15) is 5.75 Å². The number of hydrogen-bond acceptors (Lipinski definition) is 5. The molecule has 2 aromatic carbocycles. The van der Waals surface area contributed by atoms with Gasteiger partial charge in [-0.1, -0.05) is 57.2 Å². The smallest absolute Gasteiger partial charge is 0.339 e. The van der Waals surface area contributed by atoms with Crippen LogP contribution in [0.1, 0.15) is 31.9 Å². The molecule has 0 saturated heterocycles. The molecule has 0 radical (unpaired) electrons.